The highest BCUT2D eigenvalue weighted by Gasteiger charge is 2.08. The molecule has 0 aliphatic carbocycles. The maximum atomic E-state index is 11.1. The molecular weight excluding hydrogens is 192 g/mol. The normalized spacial score (nSPS) is 10.3. The quantitative estimate of drug-likeness (QED) is 0.558. The van der Waals surface area contributed by atoms with Crippen molar-refractivity contribution >= 4 is 0 Å². The first-order chi connectivity index (χ1) is 6.68. The highest BCUT2D eigenvalue weighted by molar-refractivity contribution is 5.02. The van der Waals surface area contributed by atoms with Crippen LogP contribution in [0, 0.1) is 0 Å². The Labute approximate surface area is 74.9 Å². The summed E-state index contributed by atoms with van der Waals surface area (Å²) >= 11 is 0. The SMILES string of the molecule is O=c1[nH]c(=O)n(-c2ncco2)c(=O)[nH]1. The number of oxazole rings is 1. The first-order valence-corrected chi connectivity index (χ1v) is 3.54. The van der Waals surface area contributed by atoms with Crippen LogP contribution in [0.1, 0.15) is 0 Å². The maximum Gasteiger partial charge on any atom is 0.342 e. The third kappa shape index (κ3) is 1.18. The zero-order valence-corrected chi connectivity index (χ0v) is 6.68. The van der Waals surface area contributed by atoms with E-state index in [1.54, 1.807) is 0 Å². The Kier molecular flexibility index (Phi) is 1.67. The summed E-state index contributed by atoms with van der Waals surface area (Å²) in [5.41, 5.74) is -2.68. The first kappa shape index (κ1) is 8.23. The van der Waals surface area contributed by atoms with Crippen LogP contribution in [0.4, 0.5) is 0 Å². The van der Waals surface area contributed by atoms with Crippen LogP contribution in [0.2, 0.25) is 0 Å². The van der Waals surface area contributed by atoms with Gasteiger partial charge in [0.05, 0.1) is 6.20 Å². The summed E-state index contributed by atoms with van der Waals surface area (Å²) in [6.07, 6.45) is 2.47. The molecule has 0 saturated heterocycles. The van der Waals surface area contributed by atoms with Gasteiger partial charge in [0, 0.05) is 0 Å². The lowest BCUT2D eigenvalue weighted by molar-refractivity contribution is 0.508. The lowest BCUT2D eigenvalue weighted by atomic mass is 10.8. The van der Waals surface area contributed by atoms with Crippen molar-refractivity contribution in [2.24, 2.45) is 0 Å². The number of H-pyrrole nitrogens is 2. The largest absolute Gasteiger partial charge is 0.431 e. The number of hydrogen-bond donors (Lipinski definition) is 2. The van der Waals surface area contributed by atoms with Gasteiger partial charge in [0.25, 0.3) is 0 Å². The van der Waals surface area contributed by atoms with Crippen LogP contribution >= 0.6 is 0 Å². The molecule has 2 aromatic heterocycles. The predicted octanol–water partition coefficient (Wildman–Crippen LogP) is -1.80. The van der Waals surface area contributed by atoms with Gasteiger partial charge < -0.3 is 4.42 Å². The minimum atomic E-state index is -0.902. The van der Waals surface area contributed by atoms with Gasteiger partial charge in [-0.1, -0.05) is 0 Å². The van der Waals surface area contributed by atoms with Gasteiger partial charge in [0.15, 0.2) is 0 Å². The van der Waals surface area contributed by atoms with Crippen molar-refractivity contribution in [1.29, 1.82) is 0 Å². The molecule has 14 heavy (non-hydrogen) atoms. The number of rotatable bonds is 1. The van der Waals surface area contributed by atoms with E-state index in [1.165, 1.54) is 12.5 Å². The molecule has 2 aromatic rings. The average Bonchev–Trinajstić information content (AvgIpc) is 2.54. The van der Waals surface area contributed by atoms with Crippen molar-refractivity contribution in [3.8, 4) is 6.01 Å². The van der Waals surface area contributed by atoms with E-state index in [-0.39, 0.29) is 6.01 Å². The Hall–Kier alpha value is -2.38. The molecule has 0 aliphatic rings. The fraction of sp³-hybridized carbons (Fsp3) is 0. The molecule has 0 fully saturated rings. The lowest BCUT2D eigenvalue weighted by Gasteiger charge is -1.94. The van der Waals surface area contributed by atoms with E-state index in [1.807, 2.05) is 9.97 Å². The van der Waals surface area contributed by atoms with E-state index in [2.05, 4.69) is 4.98 Å². The number of nitrogens with zero attached hydrogens (tertiary/aromatic N) is 2. The molecule has 0 spiro atoms. The minimum Gasteiger partial charge on any atom is -0.431 e. The van der Waals surface area contributed by atoms with E-state index < -0.39 is 17.1 Å². The van der Waals surface area contributed by atoms with E-state index in [0.717, 1.165) is 0 Å². The average molecular weight is 196 g/mol. The van der Waals surface area contributed by atoms with Crippen molar-refractivity contribution < 1.29 is 4.42 Å². The van der Waals surface area contributed by atoms with Gasteiger partial charge in [-0.15, -0.1) is 0 Å². The summed E-state index contributed by atoms with van der Waals surface area (Å²) < 4.78 is 5.30. The summed E-state index contributed by atoms with van der Waals surface area (Å²) in [6.45, 7) is 0. The second-order valence-electron chi connectivity index (χ2n) is 2.34. The molecule has 8 nitrogen and oxygen atoms in total. The molecular formula is C6H4N4O4. The van der Waals surface area contributed by atoms with Crippen LogP contribution in [0.5, 0.6) is 0 Å². The van der Waals surface area contributed by atoms with Crippen molar-refractivity contribution in [3.63, 3.8) is 0 Å². The molecule has 72 valence electrons. The van der Waals surface area contributed by atoms with Crippen LogP contribution in [-0.2, 0) is 0 Å². The van der Waals surface area contributed by atoms with Crippen molar-refractivity contribution in [3.05, 3.63) is 43.9 Å². The Morgan fingerprint density at radius 1 is 1.21 bits per heavy atom. The molecule has 2 rings (SSSR count). The van der Waals surface area contributed by atoms with Crippen LogP contribution in [0.15, 0.2) is 31.3 Å². The topological polar surface area (TPSA) is 114 Å². The zero-order valence-electron chi connectivity index (χ0n) is 6.68. The summed E-state index contributed by atoms with van der Waals surface area (Å²) in [5, 5.41) is 0. The smallest absolute Gasteiger partial charge is 0.342 e. The summed E-state index contributed by atoms with van der Waals surface area (Å²) in [6, 6.07) is -0.201. The Balaban J connectivity index is 2.84. The van der Waals surface area contributed by atoms with Gasteiger partial charge in [-0.25, -0.2) is 19.4 Å². The molecule has 8 heteroatoms. The molecule has 0 unspecified atom stereocenters. The van der Waals surface area contributed by atoms with E-state index in [4.69, 9.17) is 4.42 Å². The molecule has 0 amide bonds. The third-order valence-corrected chi connectivity index (χ3v) is 1.46. The Morgan fingerprint density at radius 3 is 2.36 bits per heavy atom. The second kappa shape index (κ2) is 2.83. The molecule has 0 radical (unpaired) electrons. The van der Waals surface area contributed by atoms with Crippen molar-refractivity contribution in [2.45, 2.75) is 0 Å². The summed E-state index contributed by atoms with van der Waals surface area (Å²) in [4.78, 5) is 40.3. The predicted molar refractivity (Wildman–Crippen MR) is 43.3 cm³/mol. The van der Waals surface area contributed by atoms with E-state index in [0.29, 0.717) is 4.57 Å². The highest BCUT2D eigenvalue weighted by Crippen LogP contribution is 1.94. The molecule has 2 heterocycles. The second-order valence-corrected chi connectivity index (χ2v) is 2.34. The number of aromatic amines is 2. The van der Waals surface area contributed by atoms with Gasteiger partial charge in [0.2, 0.25) is 0 Å². The molecule has 0 bridgehead atoms. The highest BCUT2D eigenvalue weighted by atomic mass is 16.4. The van der Waals surface area contributed by atoms with Crippen molar-refractivity contribution in [2.75, 3.05) is 0 Å². The van der Waals surface area contributed by atoms with Crippen LogP contribution in [-0.4, -0.2) is 19.5 Å². The van der Waals surface area contributed by atoms with E-state index in [9.17, 15) is 14.4 Å². The van der Waals surface area contributed by atoms with Gasteiger partial charge >= 0.3 is 23.1 Å². The van der Waals surface area contributed by atoms with Gasteiger partial charge in [-0.2, -0.15) is 4.57 Å². The fourth-order valence-electron chi connectivity index (χ4n) is 0.930. The number of hydrogen-bond acceptors (Lipinski definition) is 5. The first-order valence-electron chi connectivity index (χ1n) is 3.54. The minimum absolute atomic E-state index is 0.201. The van der Waals surface area contributed by atoms with Crippen LogP contribution in [0.25, 0.3) is 6.01 Å². The maximum absolute atomic E-state index is 11.1. The molecule has 2 N–H and O–H groups in total. The zero-order chi connectivity index (χ0) is 10.1. The van der Waals surface area contributed by atoms with Gasteiger partial charge in [-0.05, 0) is 0 Å². The molecule has 0 aromatic carbocycles. The molecule has 0 atom stereocenters. The Bertz CT molecular complexity index is 567. The van der Waals surface area contributed by atoms with Crippen molar-refractivity contribution in [1.82, 2.24) is 19.5 Å². The summed E-state index contributed by atoms with van der Waals surface area (Å²) in [5.74, 6) is 0. The lowest BCUT2D eigenvalue weighted by Crippen LogP contribution is -2.42. The standard InChI is InChI=1S/C6H4N4O4/c11-3-8-4(12)10(5(13)9-3)6-7-1-2-14-6/h1-2H,(H2,8,9,11,12,13). The van der Waals surface area contributed by atoms with Gasteiger partial charge in [0.1, 0.15) is 6.26 Å². The molecule has 0 aliphatic heterocycles. The molecule has 0 saturated carbocycles. The monoisotopic (exact) mass is 196 g/mol. The van der Waals surface area contributed by atoms with Gasteiger partial charge in [-0.3, -0.25) is 9.97 Å². The number of aromatic nitrogens is 4. The van der Waals surface area contributed by atoms with Crippen LogP contribution < -0.4 is 17.1 Å². The number of nitrogens with one attached hydrogen (secondary N) is 2. The van der Waals surface area contributed by atoms with Crippen LogP contribution in [0.3, 0.4) is 0 Å². The Morgan fingerprint density at radius 2 is 1.86 bits per heavy atom. The fourth-order valence-corrected chi connectivity index (χ4v) is 0.930. The third-order valence-electron chi connectivity index (χ3n) is 1.46. The van der Waals surface area contributed by atoms with E-state index >= 15 is 0 Å². The summed E-state index contributed by atoms with van der Waals surface area (Å²) in [7, 11) is 0.